The maximum absolute atomic E-state index is 12.4. The molecule has 3 rings (SSSR count). The first-order valence-electron chi connectivity index (χ1n) is 8.87. The van der Waals surface area contributed by atoms with E-state index in [2.05, 4.69) is 34.7 Å². The third kappa shape index (κ3) is 5.01. The Labute approximate surface area is 166 Å². The Hall–Kier alpha value is -3.07. The second-order valence-electron chi connectivity index (χ2n) is 6.63. The van der Waals surface area contributed by atoms with Crippen molar-refractivity contribution in [1.82, 2.24) is 25.5 Å². The molecule has 0 radical (unpaired) electrons. The molecule has 146 valence electrons. The second-order valence-corrected chi connectivity index (χ2v) is 7.54. The van der Waals surface area contributed by atoms with Crippen molar-refractivity contribution in [2.45, 2.75) is 26.3 Å². The molecule has 1 aromatic carbocycles. The molecule has 2 heterocycles. The lowest BCUT2D eigenvalue weighted by molar-refractivity contribution is -0.125. The van der Waals surface area contributed by atoms with Gasteiger partial charge in [0.25, 0.3) is 5.91 Å². The molecule has 1 unspecified atom stereocenters. The van der Waals surface area contributed by atoms with E-state index < -0.39 is 5.97 Å². The van der Waals surface area contributed by atoms with Crippen LogP contribution < -0.4 is 5.32 Å². The first-order chi connectivity index (χ1) is 13.5. The van der Waals surface area contributed by atoms with E-state index in [4.69, 9.17) is 4.74 Å². The van der Waals surface area contributed by atoms with Crippen LogP contribution in [0.4, 0.5) is 0 Å². The Morgan fingerprint density at radius 1 is 1.21 bits per heavy atom. The fourth-order valence-electron chi connectivity index (χ4n) is 2.78. The molecule has 1 atom stereocenters. The standard InChI is InChI=1S/C19H21N5O3S/c1-13(2)10-15(14-6-4-3-5-7-14)21-17(25)11-27-19(26)18-16(8-9-28-18)24-12-20-22-23-24/h3-9,12-13,15H,10-11H2,1-2H3,(H,21,25). The smallest absolute Gasteiger partial charge is 0.351 e. The van der Waals surface area contributed by atoms with Crippen LogP contribution in [0.25, 0.3) is 5.69 Å². The third-order valence-electron chi connectivity index (χ3n) is 4.00. The predicted octanol–water partition coefficient (Wildman–Crippen LogP) is 2.78. The van der Waals surface area contributed by atoms with Crippen LogP contribution in [0.2, 0.25) is 0 Å². The van der Waals surface area contributed by atoms with Gasteiger partial charge in [0.05, 0.1) is 11.7 Å². The molecule has 28 heavy (non-hydrogen) atoms. The van der Waals surface area contributed by atoms with Crippen molar-refractivity contribution in [2.24, 2.45) is 5.92 Å². The molecular weight excluding hydrogens is 378 g/mol. The fraction of sp³-hybridized carbons (Fsp3) is 0.316. The van der Waals surface area contributed by atoms with Crippen molar-refractivity contribution in [3.63, 3.8) is 0 Å². The number of thiophene rings is 1. The van der Waals surface area contributed by atoms with Gasteiger partial charge in [-0.1, -0.05) is 44.2 Å². The zero-order valence-electron chi connectivity index (χ0n) is 15.6. The number of amides is 1. The highest BCUT2D eigenvalue weighted by Gasteiger charge is 2.20. The van der Waals surface area contributed by atoms with E-state index in [0.717, 1.165) is 12.0 Å². The summed E-state index contributed by atoms with van der Waals surface area (Å²) in [5, 5.41) is 15.6. The fourth-order valence-corrected chi connectivity index (χ4v) is 3.55. The number of rotatable bonds is 8. The summed E-state index contributed by atoms with van der Waals surface area (Å²) in [6, 6.07) is 11.3. The molecule has 3 aromatic rings. The van der Waals surface area contributed by atoms with Crippen LogP contribution in [0.3, 0.4) is 0 Å². The summed E-state index contributed by atoms with van der Waals surface area (Å²) < 4.78 is 6.58. The van der Waals surface area contributed by atoms with Crippen LogP contribution in [-0.2, 0) is 9.53 Å². The number of hydrogen-bond donors (Lipinski definition) is 1. The van der Waals surface area contributed by atoms with Crippen LogP contribution in [0.15, 0.2) is 48.1 Å². The number of carbonyl (C=O) groups excluding carboxylic acids is 2. The summed E-state index contributed by atoms with van der Waals surface area (Å²) in [5.74, 6) is -0.530. The van der Waals surface area contributed by atoms with Gasteiger partial charge >= 0.3 is 5.97 Å². The summed E-state index contributed by atoms with van der Waals surface area (Å²) in [7, 11) is 0. The second kappa shape index (κ2) is 9.23. The average Bonchev–Trinajstić information content (AvgIpc) is 3.37. The Morgan fingerprint density at radius 3 is 2.68 bits per heavy atom. The van der Waals surface area contributed by atoms with Gasteiger partial charge in [0.1, 0.15) is 11.2 Å². The molecule has 2 aromatic heterocycles. The Balaban J connectivity index is 1.60. The van der Waals surface area contributed by atoms with E-state index in [1.807, 2.05) is 30.3 Å². The molecule has 0 aliphatic rings. The molecule has 0 bridgehead atoms. The highest BCUT2D eigenvalue weighted by Crippen LogP contribution is 2.22. The predicted molar refractivity (Wildman–Crippen MR) is 104 cm³/mol. The van der Waals surface area contributed by atoms with E-state index in [9.17, 15) is 9.59 Å². The SMILES string of the molecule is CC(C)CC(NC(=O)COC(=O)c1sccc1-n1cnnn1)c1ccccc1. The van der Waals surface area contributed by atoms with E-state index in [1.165, 1.54) is 22.3 Å². The molecule has 0 aliphatic carbocycles. The largest absolute Gasteiger partial charge is 0.451 e. The van der Waals surface area contributed by atoms with Crippen LogP contribution in [0.5, 0.6) is 0 Å². The van der Waals surface area contributed by atoms with Gasteiger partial charge in [-0.15, -0.1) is 16.4 Å². The van der Waals surface area contributed by atoms with Crippen LogP contribution in [0, 0.1) is 5.92 Å². The normalized spacial score (nSPS) is 12.0. The van der Waals surface area contributed by atoms with Gasteiger partial charge in [-0.2, -0.15) is 4.68 Å². The van der Waals surface area contributed by atoms with Crippen molar-refractivity contribution in [3.8, 4) is 5.69 Å². The van der Waals surface area contributed by atoms with Crippen LogP contribution in [-0.4, -0.2) is 38.7 Å². The quantitative estimate of drug-likeness (QED) is 0.585. The van der Waals surface area contributed by atoms with Crippen LogP contribution >= 0.6 is 11.3 Å². The van der Waals surface area contributed by atoms with E-state index in [0.29, 0.717) is 16.5 Å². The van der Waals surface area contributed by atoms with Gasteiger partial charge in [-0.3, -0.25) is 4.79 Å². The molecule has 0 spiro atoms. The van der Waals surface area contributed by atoms with Gasteiger partial charge < -0.3 is 10.1 Å². The molecule has 9 heteroatoms. The first-order valence-corrected chi connectivity index (χ1v) is 9.75. The Bertz CT molecular complexity index is 909. The van der Waals surface area contributed by atoms with Gasteiger partial charge in [0, 0.05) is 0 Å². The van der Waals surface area contributed by atoms with Crippen molar-refractivity contribution in [2.75, 3.05) is 6.61 Å². The molecule has 0 aliphatic heterocycles. The highest BCUT2D eigenvalue weighted by molar-refractivity contribution is 7.12. The Kier molecular flexibility index (Phi) is 6.49. The van der Waals surface area contributed by atoms with Crippen molar-refractivity contribution >= 4 is 23.2 Å². The summed E-state index contributed by atoms with van der Waals surface area (Å²) in [5.41, 5.74) is 1.54. The van der Waals surface area contributed by atoms with Gasteiger partial charge in [-0.05, 0) is 39.8 Å². The van der Waals surface area contributed by atoms with Gasteiger partial charge in [0.2, 0.25) is 0 Å². The zero-order chi connectivity index (χ0) is 19.9. The number of ether oxygens (including phenoxy) is 1. The molecule has 0 saturated carbocycles. The lowest BCUT2D eigenvalue weighted by Crippen LogP contribution is -2.33. The number of esters is 1. The Morgan fingerprint density at radius 2 is 2.00 bits per heavy atom. The van der Waals surface area contributed by atoms with Crippen molar-refractivity contribution in [3.05, 3.63) is 58.5 Å². The van der Waals surface area contributed by atoms with E-state index >= 15 is 0 Å². The maximum atomic E-state index is 12.4. The summed E-state index contributed by atoms with van der Waals surface area (Å²) >= 11 is 1.20. The maximum Gasteiger partial charge on any atom is 0.351 e. The zero-order valence-corrected chi connectivity index (χ0v) is 16.4. The van der Waals surface area contributed by atoms with E-state index in [1.54, 1.807) is 11.4 Å². The van der Waals surface area contributed by atoms with Gasteiger partial charge in [-0.25, -0.2) is 4.79 Å². The number of benzene rings is 1. The topological polar surface area (TPSA) is 99.0 Å². The summed E-state index contributed by atoms with van der Waals surface area (Å²) in [4.78, 5) is 25.1. The molecule has 8 nitrogen and oxygen atoms in total. The molecule has 0 fully saturated rings. The third-order valence-corrected chi connectivity index (χ3v) is 4.89. The number of tetrazole rings is 1. The number of nitrogens with one attached hydrogen (secondary N) is 1. The molecular formula is C19H21N5O3S. The minimum absolute atomic E-state index is 0.133. The monoisotopic (exact) mass is 399 g/mol. The number of hydrogen-bond acceptors (Lipinski definition) is 7. The summed E-state index contributed by atoms with van der Waals surface area (Å²) in [6.07, 6.45) is 2.18. The minimum atomic E-state index is -0.587. The highest BCUT2D eigenvalue weighted by atomic mass is 32.1. The van der Waals surface area contributed by atoms with Crippen molar-refractivity contribution in [1.29, 1.82) is 0 Å². The molecule has 1 N–H and O–H groups in total. The average molecular weight is 399 g/mol. The van der Waals surface area contributed by atoms with Crippen LogP contribution in [0.1, 0.15) is 41.5 Å². The minimum Gasteiger partial charge on any atom is -0.451 e. The first kappa shape index (κ1) is 19.7. The number of nitrogens with zero attached hydrogens (tertiary/aromatic N) is 4. The number of aromatic nitrogens is 4. The van der Waals surface area contributed by atoms with E-state index in [-0.39, 0.29) is 18.6 Å². The summed E-state index contributed by atoms with van der Waals surface area (Å²) in [6.45, 7) is 3.84. The van der Waals surface area contributed by atoms with Crippen molar-refractivity contribution < 1.29 is 14.3 Å². The molecule has 1 amide bonds. The van der Waals surface area contributed by atoms with Gasteiger partial charge in [0.15, 0.2) is 6.61 Å². The molecule has 0 saturated heterocycles. The lowest BCUT2D eigenvalue weighted by Gasteiger charge is -2.21. The number of carbonyl (C=O) groups is 2. The lowest BCUT2D eigenvalue weighted by atomic mass is 9.97.